The second-order valence-corrected chi connectivity index (χ2v) is 5.20. The second kappa shape index (κ2) is 5.43. The van der Waals surface area contributed by atoms with Gasteiger partial charge in [0.15, 0.2) is 0 Å². The first-order valence-corrected chi connectivity index (χ1v) is 6.62. The molecule has 0 atom stereocenters. The van der Waals surface area contributed by atoms with Crippen LogP contribution in [0.4, 0.5) is 0 Å². The Balaban J connectivity index is 2.51. The molecular formula is C15H18O4. The predicted molar refractivity (Wildman–Crippen MR) is 70.9 cm³/mol. The quantitative estimate of drug-likeness (QED) is 0.875. The van der Waals surface area contributed by atoms with Crippen LogP contribution in [0.5, 0.6) is 0 Å². The zero-order chi connectivity index (χ0) is 14.0. The van der Waals surface area contributed by atoms with Gasteiger partial charge in [0.1, 0.15) is 0 Å². The van der Waals surface area contributed by atoms with Crippen molar-refractivity contribution >= 4 is 11.9 Å². The summed E-state index contributed by atoms with van der Waals surface area (Å²) in [5.74, 6) is -1.87. The van der Waals surface area contributed by atoms with Gasteiger partial charge in [-0.05, 0) is 48.9 Å². The molecule has 0 saturated heterocycles. The summed E-state index contributed by atoms with van der Waals surface area (Å²) in [7, 11) is 0. The van der Waals surface area contributed by atoms with E-state index in [0.29, 0.717) is 0 Å². The maximum absolute atomic E-state index is 11.4. The van der Waals surface area contributed by atoms with Crippen molar-refractivity contribution in [2.24, 2.45) is 0 Å². The fourth-order valence-corrected chi connectivity index (χ4v) is 3.03. The Morgan fingerprint density at radius 1 is 1.05 bits per heavy atom. The molecule has 1 fully saturated rings. The Morgan fingerprint density at radius 3 is 2.21 bits per heavy atom. The molecule has 0 amide bonds. The van der Waals surface area contributed by atoms with Crippen LogP contribution < -0.4 is 0 Å². The highest BCUT2D eigenvalue weighted by Crippen LogP contribution is 2.36. The van der Waals surface area contributed by atoms with Crippen molar-refractivity contribution in [1.82, 2.24) is 0 Å². The second-order valence-electron chi connectivity index (χ2n) is 5.20. The molecule has 1 aliphatic rings. The van der Waals surface area contributed by atoms with Crippen molar-refractivity contribution < 1.29 is 19.8 Å². The number of hydrogen-bond acceptors (Lipinski definition) is 2. The van der Waals surface area contributed by atoms with Crippen molar-refractivity contribution in [1.29, 1.82) is 0 Å². The molecule has 4 nitrogen and oxygen atoms in total. The van der Waals surface area contributed by atoms with Gasteiger partial charge in [-0.3, -0.25) is 0 Å². The smallest absolute Gasteiger partial charge is 0.336 e. The Kier molecular flexibility index (Phi) is 3.88. The molecular weight excluding hydrogens is 244 g/mol. The minimum Gasteiger partial charge on any atom is -0.478 e. The van der Waals surface area contributed by atoms with Gasteiger partial charge in [0.2, 0.25) is 0 Å². The topological polar surface area (TPSA) is 74.6 Å². The third kappa shape index (κ3) is 2.78. The van der Waals surface area contributed by atoms with E-state index in [9.17, 15) is 14.7 Å². The zero-order valence-electron chi connectivity index (χ0n) is 11.0. The van der Waals surface area contributed by atoms with E-state index in [-0.39, 0.29) is 17.0 Å². The molecule has 0 bridgehead atoms. The van der Waals surface area contributed by atoms with Gasteiger partial charge < -0.3 is 10.2 Å². The van der Waals surface area contributed by atoms with E-state index in [1.807, 2.05) is 6.92 Å². The summed E-state index contributed by atoms with van der Waals surface area (Å²) in [4.78, 5) is 22.4. The third-order valence-corrected chi connectivity index (χ3v) is 3.88. The van der Waals surface area contributed by atoms with Crippen LogP contribution in [0.2, 0.25) is 0 Å². The molecule has 0 spiro atoms. The molecule has 1 aliphatic carbocycles. The molecule has 1 aromatic carbocycles. The minimum atomic E-state index is -1.08. The van der Waals surface area contributed by atoms with Gasteiger partial charge in [0, 0.05) is 0 Å². The minimum absolute atomic E-state index is 0.0504. The van der Waals surface area contributed by atoms with E-state index < -0.39 is 11.9 Å². The van der Waals surface area contributed by atoms with Crippen LogP contribution in [0.15, 0.2) is 12.1 Å². The number of carbonyl (C=O) groups is 2. The molecule has 2 N–H and O–H groups in total. The van der Waals surface area contributed by atoms with E-state index in [0.717, 1.165) is 36.8 Å². The van der Waals surface area contributed by atoms with E-state index >= 15 is 0 Å². The average molecular weight is 262 g/mol. The molecule has 2 rings (SSSR count). The Labute approximate surface area is 112 Å². The predicted octanol–water partition coefficient (Wildman–Crippen LogP) is 3.44. The lowest BCUT2D eigenvalue weighted by Crippen LogP contribution is -2.14. The number of aryl methyl sites for hydroxylation is 1. The summed E-state index contributed by atoms with van der Waals surface area (Å²) >= 11 is 0. The van der Waals surface area contributed by atoms with Crippen LogP contribution in [0.25, 0.3) is 0 Å². The van der Waals surface area contributed by atoms with Crippen LogP contribution in [0.1, 0.15) is 69.9 Å². The van der Waals surface area contributed by atoms with Gasteiger partial charge >= 0.3 is 11.9 Å². The van der Waals surface area contributed by atoms with Crippen molar-refractivity contribution in [2.45, 2.75) is 44.9 Å². The van der Waals surface area contributed by atoms with Crippen LogP contribution in [0.3, 0.4) is 0 Å². The molecule has 0 radical (unpaired) electrons. The van der Waals surface area contributed by atoms with Gasteiger partial charge in [0.05, 0.1) is 11.1 Å². The zero-order valence-corrected chi connectivity index (χ0v) is 11.0. The monoisotopic (exact) mass is 262 g/mol. The van der Waals surface area contributed by atoms with Crippen molar-refractivity contribution in [2.75, 3.05) is 0 Å². The van der Waals surface area contributed by atoms with Gasteiger partial charge in [-0.25, -0.2) is 9.59 Å². The Bertz CT molecular complexity index is 513. The lowest BCUT2D eigenvalue weighted by atomic mass is 9.79. The number of carboxylic acid groups (broad SMARTS) is 2. The third-order valence-electron chi connectivity index (χ3n) is 3.88. The van der Waals surface area contributed by atoms with Gasteiger partial charge in [-0.2, -0.15) is 0 Å². The number of aromatic carboxylic acids is 2. The van der Waals surface area contributed by atoms with E-state index in [4.69, 9.17) is 5.11 Å². The van der Waals surface area contributed by atoms with E-state index in [1.54, 1.807) is 6.07 Å². The highest BCUT2D eigenvalue weighted by molar-refractivity contribution is 5.95. The molecule has 0 unspecified atom stereocenters. The normalized spacial score (nSPS) is 16.3. The standard InChI is InChI=1S/C15H18O4/c1-9-7-11(14(16)17)8-12(15(18)19)13(9)10-5-3-2-4-6-10/h7-8,10H,2-6H2,1H3,(H,16,17)(H,18,19). The molecule has 4 heteroatoms. The fourth-order valence-electron chi connectivity index (χ4n) is 3.03. The van der Waals surface area contributed by atoms with Crippen LogP contribution in [-0.2, 0) is 0 Å². The number of hydrogen-bond donors (Lipinski definition) is 2. The van der Waals surface area contributed by atoms with Gasteiger partial charge in [-0.15, -0.1) is 0 Å². The molecule has 1 aromatic rings. The summed E-state index contributed by atoms with van der Waals surface area (Å²) < 4.78 is 0. The summed E-state index contributed by atoms with van der Waals surface area (Å²) in [6, 6.07) is 2.88. The van der Waals surface area contributed by atoms with Crippen LogP contribution >= 0.6 is 0 Å². The molecule has 0 heterocycles. The Morgan fingerprint density at radius 2 is 1.68 bits per heavy atom. The van der Waals surface area contributed by atoms with Crippen molar-refractivity contribution in [3.63, 3.8) is 0 Å². The van der Waals surface area contributed by atoms with Crippen molar-refractivity contribution in [3.8, 4) is 0 Å². The van der Waals surface area contributed by atoms with E-state index in [2.05, 4.69) is 0 Å². The average Bonchev–Trinajstić information content (AvgIpc) is 2.38. The highest BCUT2D eigenvalue weighted by Gasteiger charge is 2.24. The van der Waals surface area contributed by atoms with Crippen molar-refractivity contribution in [3.05, 3.63) is 34.4 Å². The molecule has 19 heavy (non-hydrogen) atoms. The summed E-state index contributed by atoms with van der Waals surface area (Å²) in [5, 5.41) is 18.4. The number of benzene rings is 1. The summed E-state index contributed by atoms with van der Waals surface area (Å²) in [6.07, 6.45) is 5.42. The van der Waals surface area contributed by atoms with Gasteiger partial charge in [-0.1, -0.05) is 19.3 Å². The first-order chi connectivity index (χ1) is 9.00. The first-order valence-electron chi connectivity index (χ1n) is 6.62. The first kappa shape index (κ1) is 13.6. The summed E-state index contributed by atoms with van der Waals surface area (Å²) in [5.41, 5.74) is 1.82. The SMILES string of the molecule is Cc1cc(C(=O)O)cc(C(=O)O)c1C1CCCCC1. The molecule has 1 saturated carbocycles. The van der Waals surface area contributed by atoms with Crippen LogP contribution in [-0.4, -0.2) is 22.2 Å². The molecule has 102 valence electrons. The van der Waals surface area contributed by atoms with Gasteiger partial charge in [0.25, 0.3) is 0 Å². The fraction of sp³-hybridized carbons (Fsp3) is 0.467. The lowest BCUT2D eigenvalue weighted by molar-refractivity contribution is 0.0694. The summed E-state index contributed by atoms with van der Waals surface area (Å²) in [6.45, 7) is 1.81. The maximum Gasteiger partial charge on any atom is 0.336 e. The number of rotatable bonds is 3. The lowest BCUT2D eigenvalue weighted by Gasteiger charge is -2.25. The molecule has 0 aliphatic heterocycles. The maximum atomic E-state index is 11.4. The molecule has 0 aromatic heterocycles. The Hall–Kier alpha value is -1.84. The largest absolute Gasteiger partial charge is 0.478 e. The number of carboxylic acids is 2. The van der Waals surface area contributed by atoms with E-state index in [1.165, 1.54) is 12.5 Å². The van der Waals surface area contributed by atoms with Crippen LogP contribution in [0, 0.1) is 6.92 Å². The highest BCUT2D eigenvalue weighted by atomic mass is 16.4.